The molecule has 0 bridgehead atoms. The van der Waals surface area contributed by atoms with Gasteiger partial charge in [0.15, 0.2) is 17.5 Å². The van der Waals surface area contributed by atoms with Crippen molar-refractivity contribution in [3.63, 3.8) is 0 Å². The first-order valence-corrected chi connectivity index (χ1v) is 8.22. The van der Waals surface area contributed by atoms with Crippen LogP contribution in [0, 0.1) is 17.5 Å². The lowest BCUT2D eigenvalue weighted by molar-refractivity contribution is -0.117. The van der Waals surface area contributed by atoms with Crippen LogP contribution in [0.3, 0.4) is 0 Å². The average molecular weight is 362 g/mol. The number of nitrogens with one attached hydrogen (secondary N) is 1. The summed E-state index contributed by atoms with van der Waals surface area (Å²) in [5.74, 6) is -5.12. The predicted molar refractivity (Wildman–Crippen MR) is 90.2 cm³/mol. The molecule has 1 aliphatic rings. The van der Waals surface area contributed by atoms with Gasteiger partial charge in [-0.25, -0.2) is 13.2 Å². The topological polar surface area (TPSA) is 49.4 Å². The Hall–Kier alpha value is -2.83. The van der Waals surface area contributed by atoms with E-state index < -0.39 is 29.4 Å². The Morgan fingerprint density at radius 2 is 1.85 bits per heavy atom. The summed E-state index contributed by atoms with van der Waals surface area (Å²) in [5, 5.41) is 2.62. The second-order valence-electron chi connectivity index (χ2n) is 6.19. The largest absolute Gasteiger partial charge is 0.346 e. The van der Waals surface area contributed by atoms with Crippen LogP contribution in [0.15, 0.2) is 36.4 Å². The minimum absolute atomic E-state index is 0.0519. The summed E-state index contributed by atoms with van der Waals surface area (Å²) in [7, 11) is 0. The molecule has 136 valence electrons. The molecular formula is C19H17F3N2O2. The molecule has 1 heterocycles. The molecule has 1 fully saturated rings. The van der Waals surface area contributed by atoms with Crippen molar-refractivity contribution in [2.45, 2.75) is 25.8 Å². The summed E-state index contributed by atoms with van der Waals surface area (Å²) >= 11 is 0. The first-order valence-electron chi connectivity index (χ1n) is 8.22. The van der Waals surface area contributed by atoms with E-state index in [4.69, 9.17) is 0 Å². The van der Waals surface area contributed by atoms with Crippen molar-refractivity contribution >= 4 is 17.5 Å². The number of carbonyl (C=O) groups excluding carboxylic acids is 2. The molecule has 2 aromatic carbocycles. The highest BCUT2D eigenvalue weighted by molar-refractivity contribution is 5.96. The van der Waals surface area contributed by atoms with Gasteiger partial charge in [-0.05, 0) is 43.2 Å². The van der Waals surface area contributed by atoms with E-state index in [1.165, 1.54) is 0 Å². The van der Waals surface area contributed by atoms with E-state index in [1.54, 1.807) is 30.0 Å². The molecular weight excluding hydrogens is 345 g/mol. The van der Waals surface area contributed by atoms with E-state index in [1.807, 2.05) is 6.07 Å². The van der Waals surface area contributed by atoms with Crippen molar-refractivity contribution in [1.29, 1.82) is 0 Å². The summed E-state index contributed by atoms with van der Waals surface area (Å²) in [6.45, 7) is 2.36. The Kier molecular flexibility index (Phi) is 4.97. The van der Waals surface area contributed by atoms with E-state index in [2.05, 4.69) is 5.32 Å². The van der Waals surface area contributed by atoms with Gasteiger partial charge in [-0.15, -0.1) is 0 Å². The molecule has 1 aliphatic heterocycles. The molecule has 0 aromatic heterocycles. The van der Waals surface area contributed by atoms with Crippen LogP contribution in [-0.2, 0) is 4.79 Å². The zero-order valence-electron chi connectivity index (χ0n) is 14.1. The molecule has 1 atom stereocenters. The second-order valence-corrected chi connectivity index (χ2v) is 6.19. The number of amides is 2. The SMILES string of the molecule is CC(NC(=O)c1cc(F)c(F)c(F)c1)c1cccc(N2CCCC2=O)c1. The van der Waals surface area contributed by atoms with E-state index in [-0.39, 0.29) is 11.5 Å². The molecule has 0 spiro atoms. The van der Waals surface area contributed by atoms with Crippen molar-refractivity contribution < 1.29 is 22.8 Å². The highest BCUT2D eigenvalue weighted by atomic mass is 19.2. The van der Waals surface area contributed by atoms with Gasteiger partial charge in [-0.2, -0.15) is 0 Å². The van der Waals surface area contributed by atoms with E-state index in [0.717, 1.165) is 17.7 Å². The summed E-state index contributed by atoms with van der Waals surface area (Å²) in [6, 6.07) is 7.99. The maximum Gasteiger partial charge on any atom is 0.251 e. The van der Waals surface area contributed by atoms with Crippen LogP contribution in [0.25, 0.3) is 0 Å². The Balaban J connectivity index is 1.76. The van der Waals surface area contributed by atoms with Crippen molar-refractivity contribution in [3.8, 4) is 0 Å². The van der Waals surface area contributed by atoms with Gasteiger partial charge in [0.05, 0.1) is 6.04 Å². The molecule has 7 heteroatoms. The number of nitrogens with zero attached hydrogens (tertiary/aromatic N) is 1. The van der Waals surface area contributed by atoms with Gasteiger partial charge in [-0.1, -0.05) is 12.1 Å². The lowest BCUT2D eigenvalue weighted by atomic mass is 10.1. The van der Waals surface area contributed by atoms with Gasteiger partial charge in [0.1, 0.15) is 0 Å². The molecule has 3 rings (SSSR count). The quantitative estimate of drug-likeness (QED) is 0.843. The highest BCUT2D eigenvalue weighted by Gasteiger charge is 2.22. The molecule has 1 unspecified atom stereocenters. The molecule has 0 saturated carbocycles. The number of benzene rings is 2. The minimum atomic E-state index is -1.61. The van der Waals surface area contributed by atoms with E-state index >= 15 is 0 Å². The molecule has 0 aliphatic carbocycles. The van der Waals surface area contributed by atoms with Gasteiger partial charge in [0.2, 0.25) is 5.91 Å². The standard InChI is InChI=1S/C19H17F3N2O2/c1-11(23-19(26)13-9-15(20)18(22)16(21)10-13)12-4-2-5-14(8-12)24-7-3-6-17(24)25/h2,4-5,8-11H,3,6-7H2,1H3,(H,23,26). The van der Waals surface area contributed by atoms with Crippen LogP contribution in [0.4, 0.5) is 18.9 Å². The third-order valence-corrected chi connectivity index (χ3v) is 4.35. The normalized spacial score (nSPS) is 15.2. The zero-order valence-corrected chi connectivity index (χ0v) is 14.1. The summed E-state index contributed by atoms with van der Waals surface area (Å²) < 4.78 is 39.6. The third kappa shape index (κ3) is 3.56. The Labute approximate surface area is 148 Å². The van der Waals surface area contributed by atoms with Crippen molar-refractivity contribution in [3.05, 3.63) is 65.0 Å². The lowest BCUT2D eigenvalue weighted by Crippen LogP contribution is -2.28. The van der Waals surface area contributed by atoms with Crippen LogP contribution >= 0.6 is 0 Å². The Bertz CT molecular complexity index is 847. The van der Waals surface area contributed by atoms with Crippen LogP contribution in [0.1, 0.15) is 41.7 Å². The van der Waals surface area contributed by atoms with Gasteiger partial charge in [0.25, 0.3) is 5.91 Å². The average Bonchev–Trinajstić information content (AvgIpc) is 3.05. The second kappa shape index (κ2) is 7.19. The van der Waals surface area contributed by atoms with Crippen LogP contribution in [0.5, 0.6) is 0 Å². The van der Waals surface area contributed by atoms with Gasteiger partial charge in [0, 0.05) is 24.2 Å². The molecule has 2 aromatic rings. The third-order valence-electron chi connectivity index (χ3n) is 4.35. The van der Waals surface area contributed by atoms with Crippen LogP contribution < -0.4 is 10.2 Å². The molecule has 2 amide bonds. The molecule has 1 N–H and O–H groups in total. The Morgan fingerprint density at radius 3 is 2.46 bits per heavy atom. The van der Waals surface area contributed by atoms with Crippen LogP contribution in [0.2, 0.25) is 0 Å². The molecule has 1 saturated heterocycles. The molecule has 4 nitrogen and oxygen atoms in total. The van der Waals surface area contributed by atoms with Gasteiger partial charge < -0.3 is 10.2 Å². The fourth-order valence-electron chi connectivity index (χ4n) is 2.93. The maximum atomic E-state index is 13.3. The number of rotatable bonds is 4. The number of hydrogen-bond donors (Lipinski definition) is 1. The van der Waals surface area contributed by atoms with Crippen LogP contribution in [-0.4, -0.2) is 18.4 Å². The Morgan fingerprint density at radius 1 is 1.15 bits per heavy atom. The predicted octanol–water partition coefficient (Wildman–Crippen LogP) is 3.72. The van der Waals surface area contributed by atoms with E-state index in [9.17, 15) is 22.8 Å². The smallest absolute Gasteiger partial charge is 0.251 e. The summed E-state index contributed by atoms with van der Waals surface area (Å²) in [4.78, 5) is 25.8. The van der Waals surface area contributed by atoms with Gasteiger partial charge in [-0.3, -0.25) is 9.59 Å². The van der Waals surface area contributed by atoms with Crippen molar-refractivity contribution in [2.75, 3.05) is 11.4 Å². The van der Waals surface area contributed by atoms with Gasteiger partial charge >= 0.3 is 0 Å². The fourth-order valence-corrected chi connectivity index (χ4v) is 2.93. The highest BCUT2D eigenvalue weighted by Crippen LogP contribution is 2.25. The number of anilines is 1. The fraction of sp³-hybridized carbons (Fsp3) is 0.263. The van der Waals surface area contributed by atoms with Crippen molar-refractivity contribution in [2.24, 2.45) is 0 Å². The lowest BCUT2D eigenvalue weighted by Gasteiger charge is -2.19. The number of carbonyl (C=O) groups is 2. The van der Waals surface area contributed by atoms with E-state index in [0.29, 0.717) is 25.1 Å². The monoisotopic (exact) mass is 362 g/mol. The summed E-state index contributed by atoms with van der Waals surface area (Å²) in [6.07, 6.45) is 1.31. The van der Waals surface area contributed by atoms with Crippen molar-refractivity contribution in [1.82, 2.24) is 5.32 Å². The maximum absolute atomic E-state index is 13.3. The first-order chi connectivity index (χ1) is 12.4. The number of hydrogen-bond acceptors (Lipinski definition) is 2. The number of halogens is 3. The molecule has 0 radical (unpaired) electrons. The minimum Gasteiger partial charge on any atom is -0.346 e. The first kappa shape index (κ1) is 18.0. The zero-order chi connectivity index (χ0) is 18.8. The molecule has 26 heavy (non-hydrogen) atoms. The summed E-state index contributed by atoms with van der Waals surface area (Å²) in [5.41, 5.74) is 1.17.